The smallest absolute Gasteiger partial charge is 0.406 e. The van der Waals surface area contributed by atoms with E-state index in [1.54, 1.807) is 24.4 Å². The summed E-state index contributed by atoms with van der Waals surface area (Å²) in [6, 6.07) is 12.1. The minimum Gasteiger partial charge on any atom is -0.406 e. The molecule has 0 saturated carbocycles. The summed E-state index contributed by atoms with van der Waals surface area (Å²) in [6.45, 7) is 0. The summed E-state index contributed by atoms with van der Waals surface area (Å²) in [5.74, 6) is -0.311. The lowest BCUT2D eigenvalue weighted by molar-refractivity contribution is -0.274. The lowest BCUT2D eigenvalue weighted by Crippen LogP contribution is -2.17. The molecule has 158 valence electrons. The van der Waals surface area contributed by atoms with Gasteiger partial charge in [-0.05, 0) is 29.8 Å². The zero-order chi connectivity index (χ0) is 21.8. The van der Waals surface area contributed by atoms with E-state index in [-0.39, 0.29) is 5.69 Å². The van der Waals surface area contributed by atoms with Gasteiger partial charge < -0.3 is 10.1 Å². The van der Waals surface area contributed by atoms with Gasteiger partial charge in [-0.1, -0.05) is 18.2 Å². The van der Waals surface area contributed by atoms with Crippen molar-refractivity contribution in [2.24, 2.45) is 0 Å². The number of thioether (sulfide) groups is 1. The van der Waals surface area contributed by atoms with Crippen molar-refractivity contribution in [1.82, 2.24) is 20.2 Å². The molecule has 0 radical (unpaired) electrons. The Morgan fingerprint density at radius 2 is 1.97 bits per heavy atom. The first-order chi connectivity index (χ1) is 14.9. The average molecular weight is 445 g/mol. The van der Waals surface area contributed by atoms with Crippen LogP contribution in [0.2, 0.25) is 0 Å². The largest absolute Gasteiger partial charge is 0.573 e. The molecule has 0 spiro atoms. The maximum absolute atomic E-state index is 12.6. The van der Waals surface area contributed by atoms with E-state index in [2.05, 4.69) is 30.2 Å². The molecule has 4 aromatic rings. The van der Waals surface area contributed by atoms with Crippen LogP contribution in [0.1, 0.15) is 15.9 Å². The van der Waals surface area contributed by atoms with Crippen LogP contribution in [0.25, 0.3) is 11.0 Å². The van der Waals surface area contributed by atoms with E-state index < -0.39 is 18.0 Å². The SMILES string of the molecule is O=C(Nc1cccc(OC(F)(F)F)c1)c1cccc(CSc2ncnc3[nH]ncc23)c1. The summed E-state index contributed by atoms with van der Waals surface area (Å²) in [6.07, 6.45) is -1.71. The molecule has 7 nitrogen and oxygen atoms in total. The van der Waals surface area contributed by atoms with Crippen LogP contribution in [0.15, 0.2) is 66.1 Å². The number of nitrogens with zero attached hydrogens (tertiary/aromatic N) is 3. The van der Waals surface area contributed by atoms with Crippen molar-refractivity contribution >= 4 is 34.4 Å². The van der Waals surface area contributed by atoms with Crippen molar-refractivity contribution in [2.75, 3.05) is 5.32 Å². The summed E-state index contributed by atoms with van der Waals surface area (Å²) < 4.78 is 41.0. The minimum absolute atomic E-state index is 0.190. The van der Waals surface area contributed by atoms with Crippen molar-refractivity contribution < 1.29 is 22.7 Å². The monoisotopic (exact) mass is 445 g/mol. The van der Waals surface area contributed by atoms with E-state index in [0.717, 1.165) is 28.1 Å². The number of H-pyrrole nitrogens is 1. The van der Waals surface area contributed by atoms with Gasteiger partial charge in [0.2, 0.25) is 0 Å². The van der Waals surface area contributed by atoms with Gasteiger partial charge in [0.25, 0.3) is 5.91 Å². The fourth-order valence-corrected chi connectivity index (χ4v) is 3.70. The van der Waals surface area contributed by atoms with Crippen molar-refractivity contribution in [3.63, 3.8) is 0 Å². The predicted octanol–water partition coefficient (Wildman–Crippen LogP) is 4.80. The molecule has 1 amide bonds. The molecule has 31 heavy (non-hydrogen) atoms. The van der Waals surface area contributed by atoms with E-state index in [1.165, 1.54) is 30.2 Å². The first kappa shape index (κ1) is 20.7. The molecule has 11 heteroatoms. The summed E-state index contributed by atoms with van der Waals surface area (Å²) in [5, 5.41) is 10.9. The Kier molecular flexibility index (Phi) is 5.76. The number of aromatic amines is 1. The number of ether oxygens (including phenoxy) is 1. The maximum atomic E-state index is 12.6. The number of rotatable bonds is 6. The van der Waals surface area contributed by atoms with Crippen molar-refractivity contribution in [1.29, 1.82) is 0 Å². The van der Waals surface area contributed by atoms with Crippen LogP contribution in [-0.2, 0) is 5.75 Å². The van der Waals surface area contributed by atoms with E-state index in [0.29, 0.717) is 17.0 Å². The highest BCUT2D eigenvalue weighted by Crippen LogP contribution is 2.27. The van der Waals surface area contributed by atoms with Gasteiger partial charge in [0.15, 0.2) is 5.65 Å². The second-order valence-corrected chi connectivity index (χ2v) is 7.29. The highest BCUT2D eigenvalue weighted by molar-refractivity contribution is 7.98. The molecular formula is C20H14F3N5O2S. The number of fused-ring (bicyclic) bond motifs is 1. The molecule has 2 N–H and O–H groups in total. The van der Waals surface area contributed by atoms with Gasteiger partial charge in [-0.2, -0.15) is 5.10 Å². The molecule has 2 aromatic carbocycles. The number of carbonyl (C=O) groups is 1. The van der Waals surface area contributed by atoms with Crippen molar-refractivity contribution in [3.05, 3.63) is 72.2 Å². The van der Waals surface area contributed by atoms with Crippen LogP contribution in [0.3, 0.4) is 0 Å². The van der Waals surface area contributed by atoms with E-state index in [1.807, 2.05) is 6.07 Å². The van der Waals surface area contributed by atoms with Gasteiger partial charge in [0, 0.05) is 23.1 Å². The Morgan fingerprint density at radius 3 is 2.81 bits per heavy atom. The Morgan fingerprint density at radius 1 is 1.13 bits per heavy atom. The number of hydrogen-bond acceptors (Lipinski definition) is 6. The number of halogens is 3. The number of alkyl halides is 3. The van der Waals surface area contributed by atoms with Gasteiger partial charge in [0.1, 0.15) is 17.1 Å². The number of aromatic nitrogens is 4. The maximum Gasteiger partial charge on any atom is 0.573 e. The fourth-order valence-electron chi connectivity index (χ4n) is 2.79. The number of benzene rings is 2. The van der Waals surface area contributed by atoms with E-state index >= 15 is 0 Å². The van der Waals surface area contributed by atoms with Crippen LogP contribution in [0, 0.1) is 0 Å². The molecular weight excluding hydrogens is 431 g/mol. The van der Waals surface area contributed by atoms with Crippen molar-refractivity contribution in [2.45, 2.75) is 17.1 Å². The molecule has 0 fully saturated rings. The molecule has 0 aliphatic carbocycles. The van der Waals surface area contributed by atoms with Crippen LogP contribution in [0.5, 0.6) is 5.75 Å². The predicted molar refractivity (Wildman–Crippen MR) is 109 cm³/mol. The number of anilines is 1. The number of carbonyl (C=O) groups excluding carboxylic acids is 1. The lowest BCUT2D eigenvalue weighted by atomic mass is 10.1. The Labute approximate surface area is 178 Å². The third kappa shape index (κ3) is 5.31. The fraction of sp³-hybridized carbons (Fsp3) is 0.100. The van der Waals surface area contributed by atoms with Gasteiger partial charge in [-0.15, -0.1) is 24.9 Å². The molecule has 0 unspecified atom stereocenters. The number of hydrogen-bond donors (Lipinski definition) is 2. The molecule has 0 atom stereocenters. The summed E-state index contributed by atoms with van der Waals surface area (Å²) in [4.78, 5) is 20.9. The van der Waals surface area contributed by atoms with Gasteiger partial charge >= 0.3 is 6.36 Å². The van der Waals surface area contributed by atoms with E-state index in [9.17, 15) is 18.0 Å². The highest BCUT2D eigenvalue weighted by atomic mass is 32.2. The average Bonchev–Trinajstić information content (AvgIpc) is 3.21. The Bertz CT molecular complexity index is 1230. The molecule has 2 heterocycles. The topological polar surface area (TPSA) is 92.8 Å². The second kappa shape index (κ2) is 8.64. The number of amides is 1. The number of nitrogens with one attached hydrogen (secondary N) is 2. The zero-order valence-corrected chi connectivity index (χ0v) is 16.5. The third-order valence-corrected chi connectivity index (χ3v) is 5.18. The van der Waals surface area contributed by atoms with Gasteiger partial charge in [0.05, 0.1) is 11.6 Å². The van der Waals surface area contributed by atoms with Gasteiger partial charge in [-0.3, -0.25) is 9.89 Å². The summed E-state index contributed by atoms with van der Waals surface area (Å²) in [5.41, 5.74) is 2.08. The Balaban J connectivity index is 1.44. The standard InChI is InChI=1S/C20H14F3N5O2S/c21-20(22,23)30-15-6-2-5-14(8-15)27-18(29)13-4-1-3-12(7-13)10-31-19-16-9-26-28-17(16)24-11-25-19/h1-9,11H,10H2,(H,27,29)(H,24,25,26,28). The third-order valence-electron chi connectivity index (χ3n) is 4.10. The molecule has 2 aromatic heterocycles. The normalized spacial score (nSPS) is 11.5. The molecule has 4 rings (SSSR count). The molecule has 0 aliphatic heterocycles. The highest BCUT2D eigenvalue weighted by Gasteiger charge is 2.31. The summed E-state index contributed by atoms with van der Waals surface area (Å²) in [7, 11) is 0. The first-order valence-electron chi connectivity index (χ1n) is 8.90. The zero-order valence-electron chi connectivity index (χ0n) is 15.7. The minimum atomic E-state index is -4.81. The molecule has 0 bridgehead atoms. The first-order valence-corrected chi connectivity index (χ1v) is 9.89. The lowest BCUT2D eigenvalue weighted by Gasteiger charge is -2.11. The van der Waals surface area contributed by atoms with Crippen LogP contribution >= 0.6 is 11.8 Å². The van der Waals surface area contributed by atoms with Gasteiger partial charge in [-0.25, -0.2) is 9.97 Å². The van der Waals surface area contributed by atoms with Crippen LogP contribution < -0.4 is 10.1 Å². The van der Waals surface area contributed by atoms with Crippen LogP contribution in [-0.4, -0.2) is 32.4 Å². The summed E-state index contributed by atoms with van der Waals surface area (Å²) >= 11 is 1.47. The van der Waals surface area contributed by atoms with E-state index in [4.69, 9.17) is 0 Å². The van der Waals surface area contributed by atoms with Crippen molar-refractivity contribution in [3.8, 4) is 5.75 Å². The molecule has 0 aliphatic rings. The second-order valence-electron chi connectivity index (χ2n) is 6.33. The molecule has 0 saturated heterocycles. The quantitative estimate of drug-likeness (QED) is 0.327. The Hall–Kier alpha value is -3.60. The van der Waals surface area contributed by atoms with Crippen LogP contribution in [0.4, 0.5) is 18.9 Å².